The van der Waals surface area contributed by atoms with Gasteiger partial charge in [0.25, 0.3) is 0 Å². The molecule has 2 aliphatic heterocycles. The molecule has 0 saturated carbocycles. The third-order valence-corrected chi connectivity index (χ3v) is 2.41. The second kappa shape index (κ2) is 3.44. The van der Waals surface area contributed by atoms with Crippen LogP contribution in [0.15, 0.2) is 4.99 Å². The molecule has 0 N–H and O–H groups in total. The van der Waals surface area contributed by atoms with E-state index < -0.39 is 0 Å². The molecule has 1 fully saturated rings. The van der Waals surface area contributed by atoms with E-state index in [4.69, 9.17) is 4.74 Å². The Kier molecular flexibility index (Phi) is 2.30. The molecule has 68 valence electrons. The molecule has 0 aromatic carbocycles. The molecule has 2 rings (SSSR count). The van der Waals surface area contributed by atoms with Crippen LogP contribution in [0.5, 0.6) is 0 Å². The van der Waals surface area contributed by atoms with Gasteiger partial charge in [0.15, 0.2) is 0 Å². The SMILES string of the molecule is CCCCN1CC1C1=NCCO1. The highest BCUT2D eigenvalue weighted by Crippen LogP contribution is 2.21. The summed E-state index contributed by atoms with van der Waals surface area (Å²) in [6.07, 6.45) is 2.57. The minimum Gasteiger partial charge on any atom is -0.478 e. The van der Waals surface area contributed by atoms with Crippen molar-refractivity contribution < 1.29 is 4.74 Å². The molecule has 2 atom stereocenters. The molecule has 2 aliphatic rings. The van der Waals surface area contributed by atoms with E-state index >= 15 is 0 Å². The lowest BCUT2D eigenvalue weighted by molar-refractivity contribution is 0.333. The monoisotopic (exact) mass is 168 g/mol. The molecule has 3 nitrogen and oxygen atoms in total. The van der Waals surface area contributed by atoms with Gasteiger partial charge in [0.2, 0.25) is 5.90 Å². The minimum atomic E-state index is 0.541. The van der Waals surface area contributed by atoms with Crippen molar-refractivity contribution in [1.29, 1.82) is 0 Å². The van der Waals surface area contributed by atoms with E-state index in [9.17, 15) is 0 Å². The van der Waals surface area contributed by atoms with Crippen molar-refractivity contribution in [2.45, 2.75) is 25.8 Å². The average molecular weight is 168 g/mol. The fraction of sp³-hybridized carbons (Fsp3) is 0.889. The molecule has 0 radical (unpaired) electrons. The van der Waals surface area contributed by atoms with Crippen molar-refractivity contribution >= 4 is 5.90 Å². The predicted octanol–water partition coefficient (Wildman–Crippen LogP) is 0.899. The maximum absolute atomic E-state index is 5.40. The van der Waals surface area contributed by atoms with Gasteiger partial charge in [0, 0.05) is 6.54 Å². The van der Waals surface area contributed by atoms with Gasteiger partial charge in [-0.25, -0.2) is 0 Å². The fourth-order valence-electron chi connectivity index (χ4n) is 1.57. The lowest BCUT2D eigenvalue weighted by Crippen LogP contribution is -2.14. The second-order valence-corrected chi connectivity index (χ2v) is 3.43. The molecule has 0 aliphatic carbocycles. The van der Waals surface area contributed by atoms with Crippen LogP contribution in [0.2, 0.25) is 0 Å². The van der Waals surface area contributed by atoms with E-state index in [1.54, 1.807) is 0 Å². The summed E-state index contributed by atoms with van der Waals surface area (Å²) in [5.74, 6) is 0.992. The van der Waals surface area contributed by atoms with Crippen LogP contribution in [-0.4, -0.2) is 43.1 Å². The first-order valence-electron chi connectivity index (χ1n) is 4.83. The number of aliphatic imine (C=N–C) groups is 1. The van der Waals surface area contributed by atoms with Crippen LogP contribution in [0, 0.1) is 0 Å². The van der Waals surface area contributed by atoms with Gasteiger partial charge in [0.1, 0.15) is 6.61 Å². The fourth-order valence-corrected chi connectivity index (χ4v) is 1.57. The van der Waals surface area contributed by atoms with E-state index in [1.807, 2.05) is 0 Å². The van der Waals surface area contributed by atoms with Crippen LogP contribution in [0.4, 0.5) is 0 Å². The Labute approximate surface area is 73.4 Å². The molecular weight excluding hydrogens is 152 g/mol. The molecule has 2 heterocycles. The molecule has 12 heavy (non-hydrogen) atoms. The van der Waals surface area contributed by atoms with Gasteiger partial charge in [-0.1, -0.05) is 13.3 Å². The molecule has 0 amide bonds. The third-order valence-electron chi connectivity index (χ3n) is 2.41. The number of nitrogens with zero attached hydrogens (tertiary/aromatic N) is 2. The van der Waals surface area contributed by atoms with Crippen molar-refractivity contribution in [3.63, 3.8) is 0 Å². The van der Waals surface area contributed by atoms with E-state index in [0.29, 0.717) is 6.04 Å². The van der Waals surface area contributed by atoms with Gasteiger partial charge >= 0.3 is 0 Å². The largest absolute Gasteiger partial charge is 0.478 e. The van der Waals surface area contributed by atoms with Crippen LogP contribution in [0.1, 0.15) is 19.8 Å². The Morgan fingerprint density at radius 1 is 1.67 bits per heavy atom. The highest BCUT2D eigenvalue weighted by atomic mass is 16.5. The zero-order chi connectivity index (χ0) is 8.39. The molecule has 0 aromatic rings. The van der Waals surface area contributed by atoms with Crippen molar-refractivity contribution in [1.82, 2.24) is 4.90 Å². The molecule has 1 saturated heterocycles. The molecule has 0 aromatic heterocycles. The van der Waals surface area contributed by atoms with Crippen LogP contribution in [0.3, 0.4) is 0 Å². The summed E-state index contributed by atoms with van der Waals surface area (Å²) in [5, 5.41) is 0. The summed E-state index contributed by atoms with van der Waals surface area (Å²) in [6, 6.07) is 0.541. The first kappa shape index (κ1) is 8.05. The summed E-state index contributed by atoms with van der Waals surface area (Å²) in [6.45, 7) is 6.27. The molecular formula is C9H16N2O. The van der Waals surface area contributed by atoms with Gasteiger partial charge in [-0.05, 0) is 13.0 Å². The molecule has 2 unspecified atom stereocenters. The quantitative estimate of drug-likeness (QED) is 0.582. The zero-order valence-corrected chi connectivity index (χ0v) is 7.62. The Balaban J connectivity index is 1.72. The highest BCUT2D eigenvalue weighted by Gasteiger charge is 2.39. The molecule has 0 spiro atoms. The smallest absolute Gasteiger partial charge is 0.202 e. The zero-order valence-electron chi connectivity index (χ0n) is 7.62. The Morgan fingerprint density at radius 2 is 2.58 bits per heavy atom. The first-order chi connectivity index (χ1) is 5.92. The normalized spacial score (nSPS) is 32.9. The third kappa shape index (κ3) is 1.61. The van der Waals surface area contributed by atoms with Crippen molar-refractivity contribution in [3.8, 4) is 0 Å². The summed E-state index contributed by atoms with van der Waals surface area (Å²) in [4.78, 5) is 6.73. The second-order valence-electron chi connectivity index (χ2n) is 3.43. The van der Waals surface area contributed by atoms with Crippen LogP contribution < -0.4 is 0 Å². The van der Waals surface area contributed by atoms with Gasteiger partial charge in [-0.3, -0.25) is 9.89 Å². The van der Waals surface area contributed by atoms with E-state index in [-0.39, 0.29) is 0 Å². The van der Waals surface area contributed by atoms with Crippen LogP contribution >= 0.6 is 0 Å². The summed E-state index contributed by atoms with van der Waals surface area (Å²) in [7, 11) is 0. The maximum Gasteiger partial charge on any atom is 0.202 e. The van der Waals surface area contributed by atoms with Crippen LogP contribution in [0.25, 0.3) is 0 Å². The lowest BCUT2D eigenvalue weighted by Gasteiger charge is -2.01. The summed E-state index contributed by atoms with van der Waals surface area (Å²) < 4.78 is 5.40. The molecule has 0 bridgehead atoms. The average Bonchev–Trinajstić information content (AvgIpc) is 2.64. The summed E-state index contributed by atoms with van der Waals surface area (Å²) in [5.41, 5.74) is 0. The van der Waals surface area contributed by atoms with E-state index in [2.05, 4.69) is 16.8 Å². The Bertz CT molecular complexity index is 191. The standard InChI is InChI=1S/C9H16N2O/c1-2-3-5-11-7-8(11)9-10-4-6-12-9/h8H,2-7H2,1H3. The van der Waals surface area contributed by atoms with Gasteiger partial charge in [-0.2, -0.15) is 0 Å². The number of hydrogen-bond donors (Lipinski definition) is 0. The predicted molar refractivity (Wildman–Crippen MR) is 48.5 cm³/mol. The maximum atomic E-state index is 5.40. The van der Waals surface area contributed by atoms with Crippen LogP contribution in [-0.2, 0) is 4.74 Å². The lowest BCUT2D eigenvalue weighted by atomic mass is 10.3. The van der Waals surface area contributed by atoms with Crippen molar-refractivity contribution in [2.75, 3.05) is 26.2 Å². The van der Waals surface area contributed by atoms with Crippen molar-refractivity contribution in [2.24, 2.45) is 4.99 Å². The number of ether oxygens (including phenoxy) is 1. The summed E-state index contributed by atoms with van der Waals surface area (Å²) >= 11 is 0. The Morgan fingerprint density at radius 3 is 3.25 bits per heavy atom. The van der Waals surface area contributed by atoms with Gasteiger partial charge in [-0.15, -0.1) is 0 Å². The number of unbranched alkanes of at least 4 members (excludes halogenated alkanes) is 1. The first-order valence-corrected chi connectivity index (χ1v) is 4.83. The number of rotatable bonds is 4. The number of hydrogen-bond acceptors (Lipinski definition) is 3. The van der Waals surface area contributed by atoms with Gasteiger partial charge < -0.3 is 4.74 Å². The molecule has 3 heteroatoms. The van der Waals surface area contributed by atoms with Crippen molar-refractivity contribution in [3.05, 3.63) is 0 Å². The topological polar surface area (TPSA) is 24.6 Å². The van der Waals surface area contributed by atoms with E-state index in [1.165, 1.54) is 25.9 Å². The highest BCUT2D eigenvalue weighted by molar-refractivity contribution is 5.85. The van der Waals surface area contributed by atoms with E-state index in [0.717, 1.165) is 19.0 Å². The Hall–Kier alpha value is -0.570. The van der Waals surface area contributed by atoms with Gasteiger partial charge in [0.05, 0.1) is 12.6 Å². The minimum absolute atomic E-state index is 0.541.